The lowest BCUT2D eigenvalue weighted by molar-refractivity contribution is -0.116. The molecule has 0 aliphatic rings. The van der Waals surface area contributed by atoms with Crippen molar-refractivity contribution in [3.8, 4) is 5.75 Å². The van der Waals surface area contributed by atoms with Crippen LogP contribution in [0, 0.1) is 0 Å². The van der Waals surface area contributed by atoms with E-state index in [2.05, 4.69) is 0 Å². The summed E-state index contributed by atoms with van der Waals surface area (Å²) in [5.74, 6) is -0.322. The number of carbonyl (C=O) groups is 2. The third kappa shape index (κ3) is 2.34. The largest absolute Gasteiger partial charge is 0.506 e. The minimum atomic E-state index is -0.203. The van der Waals surface area contributed by atoms with Gasteiger partial charge in [0.15, 0.2) is 5.78 Å². The van der Waals surface area contributed by atoms with E-state index in [1.165, 1.54) is 36.9 Å². The molecule has 0 fully saturated rings. The number of benzene rings is 1. The van der Waals surface area contributed by atoms with Crippen molar-refractivity contribution < 1.29 is 14.7 Å². The van der Waals surface area contributed by atoms with E-state index in [-0.39, 0.29) is 17.4 Å². The second kappa shape index (κ2) is 4.13. The fourth-order valence-corrected chi connectivity index (χ4v) is 1.18. The molecule has 1 rings (SSSR count). The number of nitrogens with zero attached hydrogens (tertiary/aromatic N) is 1. The van der Waals surface area contributed by atoms with E-state index in [1.54, 1.807) is 7.05 Å². The number of phenolic OH excluding ortho intramolecular Hbond substituents is 1. The topological polar surface area (TPSA) is 57.6 Å². The number of phenols is 1. The highest BCUT2D eigenvalue weighted by Gasteiger charge is 2.12. The Bertz CT molecular complexity index is 412. The van der Waals surface area contributed by atoms with Gasteiger partial charge in [0.1, 0.15) is 5.75 Å². The van der Waals surface area contributed by atoms with Gasteiger partial charge in [-0.25, -0.2) is 0 Å². The van der Waals surface area contributed by atoms with Gasteiger partial charge in [-0.15, -0.1) is 0 Å². The van der Waals surface area contributed by atoms with Crippen LogP contribution in [0.1, 0.15) is 24.2 Å². The predicted octanol–water partition coefficient (Wildman–Crippen LogP) is 1.58. The first-order valence-corrected chi connectivity index (χ1v) is 4.51. The van der Waals surface area contributed by atoms with Gasteiger partial charge in [0, 0.05) is 19.5 Å². The zero-order chi connectivity index (χ0) is 11.6. The number of amides is 1. The molecule has 0 aliphatic carbocycles. The molecule has 0 saturated carbocycles. The average molecular weight is 207 g/mol. The number of hydrogen-bond donors (Lipinski definition) is 1. The SMILES string of the molecule is CC(=O)c1ccc(O)c(N(C)C(C)=O)c1. The summed E-state index contributed by atoms with van der Waals surface area (Å²) in [5, 5.41) is 9.53. The lowest BCUT2D eigenvalue weighted by Crippen LogP contribution is -2.23. The van der Waals surface area contributed by atoms with Crippen LogP contribution in [0.2, 0.25) is 0 Å². The van der Waals surface area contributed by atoms with Crippen LogP contribution >= 0.6 is 0 Å². The van der Waals surface area contributed by atoms with Crippen LogP contribution in [0.15, 0.2) is 18.2 Å². The number of anilines is 1. The average Bonchev–Trinajstić information content (AvgIpc) is 2.16. The lowest BCUT2D eigenvalue weighted by atomic mass is 10.1. The number of aromatic hydroxyl groups is 1. The first-order chi connectivity index (χ1) is 6.93. The van der Waals surface area contributed by atoms with Crippen molar-refractivity contribution >= 4 is 17.4 Å². The van der Waals surface area contributed by atoms with E-state index >= 15 is 0 Å². The van der Waals surface area contributed by atoms with Crippen LogP contribution in [0.3, 0.4) is 0 Å². The maximum atomic E-state index is 11.1. The van der Waals surface area contributed by atoms with Crippen LogP contribution in [0.4, 0.5) is 5.69 Å². The van der Waals surface area contributed by atoms with Gasteiger partial charge < -0.3 is 10.0 Å². The quantitative estimate of drug-likeness (QED) is 0.749. The Morgan fingerprint density at radius 2 is 1.87 bits per heavy atom. The Morgan fingerprint density at radius 1 is 1.27 bits per heavy atom. The van der Waals surface area contributed by atoms with Crippen molar-refractivity contribution in [2.75, 3.05) is 11.9 Å². The van der Waals surface area contributed by atoms with Gasteiger partial charge in [-0.3, -0.25) is 9.59 Å². The minimum absolute atomic E-state index is 0.0160. The second-order valence-electron chi connectivity index (χ2n) is 3.34. The van der Waals surface area contributed by atoms with Crippen molar-refractivity contribution in [2.24, 2.45) is 0 Å². The fourth-order valence-electron chi connectivity index (χ4n) is 1.18. The molecule has 15 heavy (non-hydrogen) atoms. The van der Waals surface area contributed by atoms with E-state index in [4.69, 9.17) is 0 Å². The maximum Gasteiger partial charge on any atom is 0.223 e. The zero-order valence-corrected chi connectivity index (χ0v) is 8.94. The molecule has 0 radical (unpaired) electrons. The Kier molecular flexibility index (Phi) is 3.09. The van der Waals surface area contributed by atoms with Crippen molar-refractivity contribution in [3.63, 3.8) is 0 Å². The minimum Gasteiger partial charge on any atom is -0.506 e. The molecule has 80 valence electrons. The van der Waals surface area contributed by atoms with Crippen molar-refractivity contribution in [3.05, 3.63) is 23.8 Å². The molecule has 0 unspecified atom stereocenters. The number of carbonyl (C=O) groups excluding carboxylic acids is 2. The van der Waals surface area contributed by atoms with Gasteiger partial charge in [-0.05, 0) is 25.1 Å². The summed E-state index contributed by atoms with van der Waals surface area (Å²) < 4.78 is 0. The summed E-state index contributed by atoms with van der Waals surface area (Å²) in [6.07, 6.45) is 0. The van der Waals surface area contributed by atoms with Crippen LogP contribution in [0.25, 0.3) is 0 Å². The zero-order valence-electron chi connectivity index (χ0n) is 8.94. The molecule has 0 aliphatic heterocycles. The number of hydrogen-bond acceptors (Lipinski definition) is 3. The summed E-state index contributed by atoms with van der Waals surface area (Å²) >= 11 is 0. The smallest absolute Gasteiger partial charge is 0.223 e. The summed E-state index contributed by atoms with van der Waals surface area (Å²) in [5.41, 5.74) is 0.811. The fraction of sp³-hybridized carbons (Fsp3) is 0.273. The molecule has 1 aromatic rings. The Labute approximate surface area is 88.1 Å². The van der Waals surface area contributed by atoms with Gasteiger partial charge in [-0.2, -0.15) is 0 Å². The second-order valence-corrected chi connectivity index (χ2v) is 3.34. The molecule has 4 heteroatoms. The van der Waals surface area contributed by atoms with Crippen molar-refractivity contribution in [2.45, 2.75) is 13.8 Å². The molecule has 1 amide bonds. The monoisotopic (exact) mass is 207 g/mol. The van der Waals surface area contributed by atoms with Crippen LogP contribution in [0.5, 0.6) is 5.75 Å². The first-order valence-electron chi connectivity index (χ1n) is 4.51. The lowest BCUT2D eigenvalue weighted by Gasteiger charge is -2.16. The van der Waals surface area contributed by atoms with E-state index in [0.29, 0.717) is 11.3 Å². The number of rotatable bonds is 2. The Hall–Kier alpha value is -1.84. The number of ketones is 1. The van der Waals surface area contributed by atoms with E-state index in [1.807, 2.05) is 0 Å². The summed E-state index contributed by atoms with van der Waals surface area (Å²) in [6, 6.07) is 4.43. The molecule has 4 nitrogen and oxygen atoms in total. The molecule has 0 aromatic heterocycles. The normalized spacial score (nSPS) is 9.80. The van der Waals surface area contributed by atoms with Crippen molar-refractivity contribution in [1.29, 1.82) is 0 Å². The third-order valence-corrected chi connectivity index (χ3v) is 2.22. The van der Waals surface area contributed by atoms with Gasteiger partial charge in [-0.1, -0.05) is 0 Å². The third-order valence-electron chi connectivity index (χ3n) is 2.22. The summed E-state index contributed by atoms with van der Waals surface area (Å²) in [7, 11) is 1.54. The summed E-state index contributed by atoms with van der Waals surface area (Å²) in [4.78, 5) is 23.5. The van der Waals surface area contributed by atoms with Crippen LogP contribution in [-0.2, 0) is 4.79 Å². The molecule has 1 N–H and O–H groups in total. The molecule has 0 saturated heterocycles. The molecular formula is C11H13NO3. The highest BCUT2D eigenvalue weighted by molar-refractivity contribution is 5.98. The molecule has 0 spiro atoms. The molecule has 0 bridgehead atoms. The van der Waals surface area contributed by atoms with Gasteiger partial charge in [0.25, 0.3) is 0 Å². The predicted molar refractivity (Wildman–Crippen MR) is 57.2 cm³/mol. The summed E-state index contributed by atoms with van der Waals surface area (Å²) in [6.45, 7) is 2.82. The standard InChI is InChI=1S/C11H13NO3/c1-7(13)9-4-5-11(15)10(6-9)12(3)8(2)14/h4-6,15H,1-3H3. The molecule has 0 heterocycles. The van der Waals surface area contributed by atoms with Gasteiger partial charge in [0.2, 0.25) is 5.91 Å². The van der Waals surface area contributed by atoms with E-state index < -0.39 is 0 Å². The highest BCUT2D eigenvalue weighted by Crippen LogP contribution is 2.27. The van der Waals surface area contributed by atoms with E-state index in [9.17, 15) is 14.7 Å². The van der Waals surface area contributed by atoms with Gasteiger partial charge >= 0.3 is 0 Å². The Balaban J connectivity index is 3.22. The molecular weight excluding hydrogens is 194 g/mol. The first kappa shape index (κ1) is 11.2. The van der Waals surface area contributed by atoms with Crippen LogP contribution in [-0.4, -0.2) is 23.8 Å². The van der Waals surface area contributed by atoms with Gasteiger partial charge in [0.05, 0.1) is 5.69 Å². The highest BCUT2D eigenvalue weighted by atomic mass is 16.3. The maximum absolute atomic E-state index is 11.1. The Morgan fingerprint density at radius 3 is 2.33 bits per heavy atom. The van der Waals surface area contributed by atoms with Crippen molar-refractivity contribution in [1.82, 2.24) is 0 Å². The molecule has 1 aromatic carbocycles. The molecule has 0 atom stereocenters. The number of Topliss-reactive ketones (excluding diaryl/α,β-unsaturated/α-hetero) is 1. The van der Waals surface area contributed by atoms with Crippen LogP contribution < -0.4 is 4.90 Å². The van der Waals surface area contributed by atoms with E-state index in [0.717, 1.165) is 0 Å².